The number of carbonyl (C=O) groups excluding carboxylic acids is 2. The van der Waals surface area contributed by atoms with E-state index in [9.17, 15) is 9.59 Å². The highest BCUT2D eigenvalue weighted by atomic mass is 32.1. The Bertz CT molecular complexity index is 912. The summed E-state index contributed by atoms with van der Waals surface area (Å²) in [5.74, 6) is -0.819. The molecule has 0 bridgehead atoms. The molecule has 1 fully saturated rings. The molecule has 1 aromatic carbocycles. The van der Waals surface area contributed by atoms with Crippen molar-refractivity contribution < 1.29 is 14.0 Å². The summed E-state index contributed by atoms with van der Waals surface area (Å²) in [4.78, 5) is 30.5. The SMILES string of the molecule is O=C(NCc1ccsc1)C(=O)NCC1CCN(c2nc3ccccc3o2)CC1. The summed E-state index contributed by atoms with van der Waals surface area (Å²) in [6.07, 6.45) is 1.82. The van der Waals surface area contributed by atoms with Crippen LogP contribution >= 0.6 is 11.3 Å². The third kappa shape index (κ3) is 4.33. The lowest BCUT2D eigenvalue weighted by Crippen LogP contribution is -2.43. The molecule has 0 saturated carbocycles. The highest BCUT2D eigenvalue weighted by molar-refractivity contribution is 7.07. The van der Waals surface area contributed by atoms with Gasteiger partial charge in [0.2, 0.25) is 0 Å². The lowest BCUT2D eigenvalue weighted by molar-refractivity contribution is -0.139. The molecule has 1 aliphatic rings. The van der Waals surface area contributed by atoms with Crippen LogP contribution in [0.5, 0.6) is 0 Å². The fourth-order valence-corrected chi connectivity index (χ4v) is 3.97. The largest absolute Gasteiger partial charge is 0.423 e. The first-order valence-corrected chi connectivity index (χ1v) is 10.3. The molecule has 1 aliphatic heterocycles. The number of nitrogens with one attached hydrogen (secondary N) is 2. The first-order valence-electron chi connectivity index (χ1n) is 9.36. The van der Waals surface area contributed by atoms with Gasteiger partial charge in [-0.25, -0.2) is 0 Å². The van der Waals surface area contributed by atoms with E-state index in [-0.39, 0.29) is 0 Å². The highest BCUT2D eigenvalue weighted by Crippen LogP contribution is 2.26. The van der Waals surface area contributed by atoms with E-state index < -0.39 is 11.8 Å². The van der Waals surface area contributed by atoms with Gasteiger partial charge in [-0.3, -0.25) is 9.59 Å². The van der Waals surface area contributed by atoms with Crippen molar-refractivity contribution in [2.24, 2.45) is 5.92 Å². The van der Waals surface area contributed by atoms with Gasteiger partial charge in [-0.15, -0.1) is 0 Å². The van der Waals surface area contributed by atoms with Crippen LogP contribution in [0.15, 0.2) is 45.5 Å². The summed E-state index contributed by atoms with van der Waals surface area (Å²) in [5, 5.41) is 9.28. The van der Waals surface area contributed by atoms with Crippen LogP contribution in [0.3, 0.4) is 0 Å². The standard InChI is InChI=1S/C20H22N4O3S/c25-18(19(26)22-12-15-7-10-28-13-15)21-11-14-5-8-24(9-6-14)20-23-16-3-1-2-4-17(16)27-20/h1-4,7,10,13-14H,5-6,8-9,11-12H2,(H,21,25)(H,22,26). The molecule has 0 unspecified atom stereocenters. The van der Waals surface area contributed by atoms with Gasteiger partial charge in [-0.2, -0.15) is 16.3 Å². The Morgan fingerprint density at radius 3 is 2.68 bits per heavy atom. The molecule has 3 heterocycles. The van der Waals surface area contributed by atoms with Gasteiger partial charge in [0.15, 0.2) is 5.58 Å². The van der Waals surface area contributed by atoms with Gasteiger partial charge < -0.3 is 20.0 Å². The number of anilines is 1. The molecule has 0 atom stereocenters. The molecule has 2 amide bonds. The Kier molecular flexibility index (Phi) is 5.57. The molecular weight excluding hydrogens is 376 g/mol. The molecule has 146 valence electrons. The average Bonchev–Trinajstić information content (AvgIpc) is 3.40. The molecule has 0 radical (unpaired) electrons. The molecule has 4 rings (SSSR count). The van der Waals surface area contributed by atoms with E-state index in [1.165, 1.54) is 0 Å². The van der Waals surface area contributed by atoms with Crippen LogP contribution in [-0.4, -0.2) is 36.4 Å². The van der Waals surface area contributed by atoms with E-state index in [0.717, 1.165) is 42.6 Å². The number of nitrogens with zero attached hydrogens (tertiary/aromatic N) is 2. The molecular formula is C20H22N4O3S. The minimum atomic E-state index is -0.588. The Morgan fingerprint density at radius 2 is 1.93 bits per heavy atom. The number of para-hydroxylation sites is 2. The Balaban J connectivity index is 1.21. The number of thiophene rings is 1. The zero-order valence-corrected chi connectivity index (χ0v) is 16.2. The van der Waals surface area contributed by atoms with Crippen LogP contribution in [-0.2, 0) is 16.1 Å². The van der Waals surface area contributed by atoms with Gasteiger partial charge in [0.25, 0.3) is 6.01 Å². The zero-order chi connectivity index (χ0) is 19.3. The zero-order valence-electron chi connectivity index (χ0n) is 15.4. The number of oxazole rings is 1. The van der Waals surface area contributed by atoms with Gasteiger partial charge in [0, 0.05) is 26.2 Å². The summed E-state index contributed by atoms with van der Waals surface area (Å²) in [5.41, 5.74) is 2.65. The Morgan fingerprint density at radius 1 is 1.14 bits per heavy atom. The lowest BCUT2D eigenvalue weighted by atomic mass is 9.97. The highest BCUT2D eigenvalue weighted by Gasteiger charge is 2.24. The van der Waals surface area contributed by atoms with Gasteiger partial charge in [-0.1, -0.05) is 12.1 Å². The molecule has 2 N–H and O–H groups in total. The fraction of sp³-hybridized carbons (Fsp3) is 0.350. The van der Waals surface area contributed by atoms with Crippen LogP contribution in [0.4, 0.5) is 6.01 Å². The summed E-state index contributed by atoms with van der Waals surface area (Å²) < 4.78 is 5.82. The molecule has 1 saturated heterocycles. The third-order valence-corrected chi connectivity index (χ3v) is 5.69. The molecule has 3 aromatic rings. The molecule has 8 heteroatoms. The molecule has 7 nitrogen and oxygen atoms in total. The number of hydrogen-bond donors (Lipinski definition) is 2. The van der Waals surface area contributed by atoms with E-state index >= 15 is 0 Å². The van der Waals surface area contributed by atoms with Crippen LogP contribution in [0.2, 0.25) is 0 Å². The second kappa shape index (κ2) is 8.43. The number of aromatic nitrogens is 1. The van der Waals surface area contributed by atoms with Gasteiger partial charge in [0.05, 0.1) is 0 Å². The topological polar surface area (TPSA) is 87.5 Å². The average molecular weight is 398 g/mol. The van der Waals surface area contributed by atoms with Crippen LogP contribution in [0.25, 0.3) is 11.1 Å². The smallest absolute Gasteiger partial charge is 0.309 e. The monoisotopic (exact) mass is 398 g/mol. The number of fused-ring (bicyclic) bond motifs is 1. The van der Waals surface area contributed by atoms with E-state index in [0.29, 0.717) is 25.0 Å². The van der Waals surface area contributed by atoms with Crippen molar-refractivity contribution in [3.05, 3.63) is 46.7 Å². The number of carbonyl (C=O) groups is 2. The van der Waals surface area contributed by atoms with Gasteiger partial charge >= 0.3 is 11.8 Å². The second-order valence-corrected chi connectivity index (χ2v) is 7.70. The van der Waals surface area contributed by atoms with E-state index in [1.807, 2.05) is 41.1 Å². The molecule has 2 aromatic heterocycles. The number of hydrogen-bond acceptors (Lipinski definition) is 6. The van der Waals surface area contributed by atoms with Crippen molar-refractivity contribution in [1.82, 2.24) is 15.6 Å². The van der Waals surface area contributed by atoms with E-state index in [4.69, 9.17) is 4.42 Å². The summed E-state index contributed by atoms with van der Waals surface area (Å²) in [6.45, 7) is 2.51. The first-order chi connectivity index (χ1) is 13.7. The summed E-state index contributed by atoms with van der Waals surface area (Å²) in [6, 6.07) is 10.3. The van der Waals surface area contributed by atoms with E-state index in [1.54, 1.807) is 11.3 Å². The van der Waals surface area contributed by atoms with Crippen LogP contribution in [0.1, 0.15) is 18.4 Å². The number of benzene rings is 1. The molecule has 0 aliphatic carbocycles. The van der Waals surface area contributed by atoms with Crippen molar-refractivity contribution in [1.29, 1.82) is 0 Å². The van der Waals surface area contributed by atoms with E-state index in [2.05, 4.69) is 20.5 Å². The van der Waals surface area contributed by atoms with Crippen molar-refractivity contribution in [3.8, 4) is 0 Å². The summed E-state index contributed by atoms with van der Waals surface area (Å²) >= 11 is 1.56. The fourth-order valence-electron chi connectivity index (χ4n) is 3.30. The van der Waals surface area contributed by atoms with Crippen molar-refractivity contribution in [2.75, 3.05) is 24.5 Å². The normalized spacial score (nSPS) is 14.9. The van der Waals surface area contributed by atoms with Crippen molar-refractivity contribution in [2.45, 2.75) is 19.4 Å². The minimum absolute atomic E-state index is 0.342. The Labute approximate surface area is 166 Å². The van der Waals surface area contributed by atoms with Crippen LogP contribution < -0.4 is 15.5 Å². The first kappa shape index (κ1) is 18.5. The molecule has 28 heavy (non-hydrogen) atoms. The maximum absolute atomic E-state index is 12.0. The molecule has 0 spiro atoms. The summed E-state index contributed by atoms with van der Waals surface area (Å²) in [7, 11) is 0. The number of rotatable bonds is 5. The third-order valence-electron chi connectivity index (χ3n) is 4.96. The lowest BCUT2D eigenvalue weighted by Gasteiger charge is -2.30. The maximum Gasteiger partial charge on any atom is 0.309 e. The quantitative estimate of drug-likeness (QED) is 0.645. The van der Waals surface area contributed by atoms with Crippen LogP contribution in [0, 0.1) is 5.92 Å². The minimum Gasteiger partial charge on any atom is -0.423 e. The predicted octanol–water partition coefficient (Wildman–Crippen LogP) is 2.54. The maximum atomic E-state index is 12.0. The second-order valence-electron chi connectivity index (χ2n) is 6.92. The Hall–Kier alpha value is -2.87. The van der Waals surface area contributed by atoms with Crippen molar-refractivity contribution >= 4 is 40.3 Å². The van der Waals surface area contributed by atoms with Gasteiger partial charge in [0.1, 0.15) is 5.52 Å². The van der Waals surface area contributed by atoms with Crippen molar-refractivity contribution in [3.63, 3.8) is 0 Å². The number of piperidine rings is 1. The predicted molar refractivity (Wildman–Crippen MR) is 108 cm³/mol. The number of amides is 2. The van der Waals surface area contributed by atoms with Gasteiger partial charge in [-0.05, 0) is 53.3 Å².